The summed E-state index contributed by atoms with van der Waals surface area (Å²) in [7, 11) is 0. The van der Waals surface area contributed by atoms with E-state index in [1.54, 1.807) is 19.1 Å². The molecule has 0 bridgehead atoms. The van der Waals surface area contributed by atoms with Crippen LogP contribution in [0, 0.1) is 0 Å². The lowest BCUT2D eigenvalue weighted by atomic mass is 9.93. The summed E-state index contributed by atoms with van der Waals surface area (Å²) in [6.45, 7) is 3.98. The van der Waals surface area contributed by atoms with Gasteiger partial charge in [0.25, 0.3) is 0 Å². The smallest absolute Gasteiger partial charge is 0.337 e. The minimum Gasteiger partial charge on any atom is -0.479 e. The fourth-order valence-electron chi connectivity index (χ4n) is 2.18. The number of aryl methyl sites for hydroxylation is 1. The van der Waals surface area contributed by atoms with Crippen LogP contribution in [0.25, 0.3) is 0 Å². The zero-order valence-electron chi connectivity index (χ0n) is 11.8. The van der Waals surface area contributed by atoms with Crippen LogP contribution in [0.5, 0.6) is 0 Å². The fraction of sp³-hybridized carbons (Fsp3) is 0.467. The molecule has 1 aromatic rings. The van der Waals surface area contributed by atoms with E-state index in [0.29, 0.717) is 25.0 Å². The van der Waals surface area contributed by atoms with Crippen molar-refractivity contribution in [2.24, 2.45) is 0 Å². The average Bonchev–Trinajstić information content (AvgIpc) is 2.43. The van der Waals surface area contributed by atoms with E-state index in [9.17, 15) is 14.7 Å². The second-order valence-electron chi connectivity index (χ2n) is 4.38. The van der Waals surface area contributed by atoms with Crippen molar-refractivity contribution in [3.8, 4) is 0 Å². The van der Waals surface area contributed by atoms with E-state index in [4.69, 9.17) is 9.84 Å². The van der Waals surface area contributed by atoms with Crippen molar-refractivity contribution in [2.45, 2.75) is 39.2 Å². The van der Waals surface area contributed by atoms with Crippen LogP contribution in [0.1, 0.15) is 43.1 Å². The topological polar surface area (TPSA) is 83.8 Å². The molecule has 0 aliphatic rings. The number of ether oxygens (including phenoxy) is 1. The van der Waals surface area contributed by atoms with Crippen LogP contribution in [-0.4, -0.2) is 28.8 Å². The molecule has 0 fully saturated rings. The van der Waals surface area contributed by atoms with Crippen molar-refractivity contribution in [2.75, 3.05) is 6.61 Å². The summed E-state index contributed by atoms with van der Waals surface area (Å²) in [6, 6.07) is 5.14. The highest BCUT2D eigenvalue weighted by Crippen LogP contribution is 2.23. The number of carbonyl (C=O) groups is 2. The molecule has 0 saturated carbocycles. The van der Waals surface area contributed by atoms with E-state index in [1.807, 2.05) is 13.0 Å². The molecule has 0 radical (unpaired) electrons. The van der Waals surface area contributed by atoms with Crippen LogP contribution in [-0.2, 0) is 27.2 Å². The number of aliphatic hydroxyl groups is 1. The van der Waals surface area contributed by atoms with Gasteiger partial charge in [0.1, 0.15) is 0 Å². The van der Waals surface area contributed by atoms with Crippen LogP contribution < -0.4 is 0 Å². The van der Waals surface area contributed by atoms with Gasteiger partial charge in [0, 0.05) is 6.42 Å². The zero-order valence-corrected chi connectivity index (χ0v) is 11.8. The maximum Gasteiger partial charge on any atom is 0.337 e. The van der Waals surface area contributed by atoms with Crippen LogP contribution in [0.3, 0.4) is 0 Å². The van der Waals surface area contributed by atoms with E-state index in [0.717, 1.165) is 11.1 Å². The SMILES string of the molecule is CCOC(=O)CCc1cccc(C(O)C(=O)O)c1CC. The molecule has 1 atom stereocenters. The predicted octanol–water partition coefficient (Wildman–Crippen LogP) is 1.86. The van der Waals surface area contributed by atoms with Crippen molar-refractivity contribution < 1.29 is 24.5 Å². The number of benzene rings is 1. The number of aliphatic carboxylic acids is 1. The molecule has 1 rings (SSSR count). The maximum absolute atomic E-state index is 11.4. The highest BCUT2D eigenvalue weighted by Gasteiger charge is 2.20. The Morgan fingerprint density at radius 2 is 2.00 bits per heavy atom. The molecule has 0 saturated heterocycles. The zero-order chi connectivity index (χ0) is 15.1. The number of hydrogen-bond donors (Lipinski definition) is 2. The number of esters is 1. The van der Waals surface area contributed by atoms with Gasteiger partial charge in [0.15, 0.2) is 6.10 Å². The average molecular weight is 280 g/mol. The molecular weight excluding hydrogens is 260 g/mol. The molecule has 20 heavy (non-hydrogen) atoms. The first-order chi connectivity index (χ1) is 9.51. The fourth-order valence-corrected chi connectivity index (χ4v) is 2.18. The Morgan fingerprint density at radius 1 is 1.30 bits per heavy atom. The molecular formula is C15H20O5. The van der Waals surface area contributed by atoms with Gasteiger partial charge < -0.3 is 14.9 Å². The first-order valence-corrected chi connectivity index (χ1v) is 6.68. The van der Waals surface area contributed by atoms with Gasteiger partial charge in [0.05, 0.1) is 6.61 Å². The number of carboxylic acids is 1. The quantitative estimate of drug-likeness (QED) is 0.745. The largest absolute Gasteiger partial charge is 0.479 e. The van der Waals surface area contributed by atoms with Crippen LogP contribution >= 0.6 is 0 Å². The third-order valence-electron chi connectivity index (χ3n) is 3.10. The molecule has 1 aromatic carbocycles. The maximum atomic E-state index is 11.4. The molecule has 0 aliphatic carbocycles. The number of aliphatic hydroxyl groups excluding tert-OH is 1. The van der Waals surface area contributed by atoms with Gasteiger partial charge in [-0.1, -0.05) is 25.1 Å². The molecule has 0 heterocycles. The van der Waals surface area contributed by atoms with E-state index in [2.05, 4.69) is 0 Å². The lowest BCUT2D eigenvalue weighted by molar-refractivity contribution is -0.147. The number of carboxylic acid groups (broad SMARTS) is 1. The van der Waals surface area contributed by atoms with Crippen molar-refractivity contribution in [3.05, 3.63) is 34.9 Å². The Hall–Kier alpha value is -1.88. The minimum atomic E-state index is -1.53. The van der Waals surface area contributed by atoms with Gasteiger partial charge in [-0.15, -0.1) is 0 Å². The number of rotatable bonds is 7. The summed E-state index contributed by atoms with van der Waals surface area (Å²) in [5.41, 5.74) is 2.05. The molecule has 2 N–H and O–H groups in total. The van der Waals surface area contributed by atoms with Crippen molar-refractivity contribution in [1.82, 2.24) is 0 Å². The number of carbonyl (C=O) groups excluding carboxylic acids is 1. The molecule has 0 aromatic heterocycles. The second kappa shape index (κ2) is 7.65. The normalized spacial score (nSPS) is 11.9. The lowest BCUT2D eigenvalue weighted by Crippen LogP contribution is -2.14. The Bertz CT molecular complexity index is 481. The molecule has 0 aliphatic heterocycles. The molecule has 0 spiro atoms. The van der Waals surface area contributed by atoms with E-state index < -0.39 is 12.1 Å². The van der Waals surface area contributed by atoms with Gasteiger partial charge in [-0.3, -0.25) is 4.79 Å². The van der Waals surface area contributed by atoms with Crippen molar-refractivity contribution in [1.29, 1.82) is 0 Å². The summed E-state index contributed by atoms with van der Waals surface area (Å²) >= 11 is 0. The van der Waals surface area contributed by atoms with Gasteiger partial charge in [-0.05, 0) is 36.5 Å². The third-order valence-corrected chi connectivity index (χ3v) is 3.10. The van der Waals surface area contributed by atoms with Gasteiger partial charge in [0.2, 0.25) is 0 Å². The Morgan fingerprint density at radius 3 is 2.55 bits per heavy atom. The molecule has 110 valence electrons. The molecule has 5 nitrogen and oxygen atoms in total. The van der Waals surface area contributed by atoms with E-state index in [-0.39, 0.29) is 12.4 Å². The summed E-state index contributed by atoms with van der Waals surface area (Å²) in [5.74, 6) is -1.55. The van der Waals surface area contributed by atoms with Crippen molar-refractivity contribution in [3.63, 3.8) is 0 Å². The predicted molar refractivity (Wildman–Crippen MR) is 73.4 cm³/mol. The Kier molecular flexibility index (Phi) is 6.18. The van der Waals surface area contributed by atoms with Crippen LogP contribution in [0.4, 0.5) is 0 Å². The Balaban J connectivity index is 2.94. The van der Waals surface area contributed by atoms with E-state index in [1.165, 1.54) is 0 Å². The van der Waals surface area contributed by atoms with Gasteiger partial charge in [-0.2, -0.15) is 0 Å². The molecule has 1 unspecified atom stereocenters. The van der Waals surface area contributed by atoms with Gasteiger partial charge >= 0.3 is 11.9 Å². The Labute approximate surface area is 118 Å². The first kappa shape index (κ1) is 16.2. The minimum absolute atomic E-state index is 0.244. The number of hydrogen-bond acceptors (Lipinski definition) is 4. The van der Waals surface area contributed by atoms with Crippen LogP contribution in [0.2, 0.25) is 0 Å². The third kappa shape index (κ3) is 4.06. The lowest BCUT2D eigenvalue weighted by Gasteiger charge is -2.15. The molecule has 5 heteroatoms. The highest BCUT2D eigenvalue weighted by atomic mass is 16.5. The monoisotopic (exact) mass is 280 g/mol. The summed E-state index contributed by atoms with van der Waals surface area (Å²) in [5, 5.41) is 18.6. The van der Waals surface area contributed by atoms with Crippen LogP contribution in [0.15, 0.2) is 18.2 Å². The summed E-state index contributed by atoms with van der Waals surface area (Å²) in [6.07, 6.45) is -0.221. The van der Waals surface area contributed by atoms with Crippen molar-refractivity contribution >= 4 is 11.9 Å². The highest BCUT2D eigenvalue weighted by molar-refractivity contribution is 5.75. The summed E-state index contributed by atoms with van der Waals surface area (Å²) < 4.78 is 4.87. The van der Waals surface area contributed by atoms with E-state index >= 15 is 0 Å². The standard InChI is InChI=1S/C15H20O5/c1-3-11-10(8-9-13(16)20-4-2)6-5-7-12(11)14(17)15(18)19/h5-7,14,17H,3-4,8-9H2,1-2H3,(H,18,19). The first-order valence-electron chi connectivity index (χ1n) is 6.68. The molecule has 0 amide bonds. The summed E-state index contributed by atoms with van der Waals surface area (Å²) in [4.78, 5) is 22.3. The van der Waals surface area contributed by atoms with Gasteiger partial charge in [-0.25, -0.2) is 4.79 Å². The second-order valence-corrected chi connectivity index (χ2v) is 4.38.